The zero-order valence-electron chi connectivity index (χ0n) is 16.4. The summed E-state index contributed by atoms with van der Waals surface area (Å²) >= 11 is 0. The maximum absolute atomic E-state index is 11.1. The molecule has 3 aromatic rings. The number of imidazole rings is 1. The number of H-pyrrole nitrogens is 1. The van der Waals surface area contributed by atoms with Crippen LogP contribution in [0.4, 0.5) is 5.69 Å². The molecule has 0 radical (unpaired) electrons. The van der Waals surface area contributed by atoms with Crippen molar-refractivity contribution in [3.63, 3.8) is 0 Å². The van der Waals surface area contributed by atoms with Crippen molar-refractivity contribution >= 4 is 28.1 Å². The highest BCUT2D eigenvalue weighted by Crippen LogP contribution is 2.43. The van der Waals surface area contributed by atoms with Gasteiger partial charge in [-0.25, -0.2) is 4.98 Å². The van der Waals surface area contributed by atoms with Gasteiger partial charge in [-0.05, 0) is 19.1 Å². The molecule has 1 aromatic heterocycles. The van der Waals surface area contributed by atoms with Gasteiger partial charge in [-0.3, -0.25) is 5.41 Å². The predicted octanol–water partition coefficient (Wildman–Crippen LogP) is 3.10. The zero-order valence-corrected chi connectivity index (χ0v) is 16.4. The number of aromatic nitrogens is 2. The lowest BCUT2D eigenvalue weighted by molar-refractivity contribution is 0.194. The monoisotopic (exact) mass is 394 g/mol. The number of para-hydroxylation sites is 2. The second-order valence-electron chi connectivity index (χ2n) is 7.01. The minimum atomic E-state index is -1.25. The molecule has 4 rings (SSSR count). The Labute approximate surface area is 167 Å². The van der Waals surface area contributed by atoms with Gasteiger partial charge in [0.15, 0.2) is 0 Å². The molecule has 2 heterocycles. The number of aliphatic hydroxyl groups is 2. The number of hydrogen-bond donors (Lipinski definition) is 4. The third-order valence-electron chi connectivity index (χ3n) is 5.23. The topological polar surface area (TPSA) is 115 Å². The van der Waals surface area contributed by atoms with E-state index in [4.69, 9.17) is 14.9 Å². The average Bonchev–Trinajstić information content (AvgIpc) is 3.24. The van der Waals surface area contributed by atoms with E-state index >= 15 is 0 Å². The molecule has 0 fully saturated rings. The molecule has 1 aliphatic rings. The molecule has 150 valence electrons. The maximum Gasteiger partial charge on any atom is 0.145 e. The largest absolute Gasteiger partial charge is 0.509 e. The van der Waals surface area contributed by atoms with Gasteiger partial charge in [0.25, 0.3) is 0 Å². The number of fused-ring (bicyclic) bond motifs is 1. The lowest BCUT2D eigenvalue weighted by Crippen LogP contribution is -2.49. The molecule has 0 saturated carbocycles. The highest BCUT2D eigenvalue weighted by molar-refractivity contribution is 6.31. The van der Waals surface area contributed by atoms with Gasteiger partial charge in [0.1, 0.15) is 34.5 Å². The molecule has 1 atom stereocenters. The molecule has 4 N–H and O–H groups in total. The lowest BCUT2D eigenvalue weighted by atomic mass is 9.99. The maximum atomic E-state index is 11.1. The first-order valence-electron chi connectivity index (χ1n) is 9.05. The van der Waals surface area contributed by atoms with Crippen molar-refractivity contribution in [2.75, 3.05) is 25.7 Å². The van der Waals surface area contributed by atoms with Crippen molar-refractivity contribution in [2.24, 2.45) is 0 Å². The van der Waals surface area contributed by atoms with Crippen molar-refractivity contribution in [3.05, 3.63) is 54.0 Å². The molecule has 0 spiro atoms. The van der Waals surface area contributed by atoms with Crippen LogP contribution in [-0.4, -0.2) is 52.4 Å². The molecule has 29 heavy (non-hydrogen) atoms. The number of amidine groups is 1. The molecule has 8 heteroatoms. The number of ether oxygens (including phenoxy) is 2. The number of benzene rings is 2. The molecule has 0 saturated heterocycles. The quantitative estimate of drug-likeness (QED) is 0.529. The van der Waals surface area contributed by atoms with E-state index in [-0.39, 0.29) is 17.2 Å². The van der Waals surface area contributed by atoms with Crippen LogP contribution in [0.15, 0.2) is 48.2 Å². The Kier molecular flexibility index (Phi) is 4.43. The number of rotatable bonds is 5. The van der Waals surface area contributed by atoms with E-state index in [1.54, 1.807) is 30.0 Å². The van der Waals surface area contributed by atoms with Gasteiger partial charge in [0.05, 0.1) is 43.1 Å². The molecular formula is C21H22N4O4. The van der Waals surface area contributed by atoms with E-state index in [0.29, 0.717) is 23.0 Å². The van der Waals surface area contributed by atoms with Crippen LogP contribution >= 0.6 is 0 Å². The molecule has 1 unspecified atom stereocenters. The Balaban J connectivity index is 1.87. The summed E-state index contributed by atoms with van der Waals surface area (Å²) in [5.41, 5.74) is 1.05. The molecule has 0 bridgehead atoms. The van der Waals surface area contributed by atoms with Crippen molar-refractivity contribution in [1.82, 2.24) is 9.97 Å². The second-order valence-corrected chi connectivity index (χ2v) is 7.01. The standard InChI is InChI=1S/C21H22N4O4/c1-21(11-26)18(27)17(20-23-15-6-4-5-7-16(15)24-20)19(22)25(21)12-8-13(28-2)10-14(9-12)29-3/h4-10,22,26-27H,11H2,1-3H3,(H,23,24). The van der Waals surface area contributed by atoms with Crippen LogP contribution in [-0.2, 0) is 0 Å². The third kappa shape index (κ3) is 2.80. The van der Waals surface area contributed by atoms with Gasteiger partial charge in [0, 0.05) is 18.2 Å². The summed E-state index contributed by atoms with van der Waals surface area (Å²) in [7, 11) is 3.07. The van der Waals surface area contributed by atoms with Gasteiger partial charge >= 0.3 is 0 Å². The van der Waals surface area contributed by atoms with Gasteiger partial charge in [-0.15, -0.1) is 0 Å². The summed E-state index contributed by atoms with van der Waals surface area (Å²) in [6.07, 6.45) is 0. The van der Waals surface area contributed by atoms with Gasteiger partial charge in [0.2, 0.25) is 0 Å². The first-order valence-corrected chi connectivity index (χ1v) is 9.05. The summed E-state index contributed by atoms with van der Waals surface area (Å²) in [5.74, 6) is 1.30. The minimum Gasteiger partial charge on any atom is -0.509 e. The summed E-state index contributed by atoms with van der Waals surface area (Å²) in [6, 6.07) is 12.6. The Hall–Kier alpha value is -3.52. The molecule has 0 amide bonds. The summed E-state index contributed by atoms with van der Waals surface area (Å²) in [5, 5.41) is 30.0. The minimum absolute atomic E-state index is 0.00779. The fourth-order valence-corrected chi connectivity index (χ4v) is 3.62. The van der Waals surface area contributed by atoms with Gasteiger partial charge in [-0.1, -0.05) is 12.1 Å². The number of nitrogens with one attached hydrogen (secondary N) is 2. The zero-order chi connectivity index (χ0) is 20.8. The van der Waals surface area contributed by atoms with Crippen LogP contribution in [0.2, 0.25) is 0 Å². The molecule has 1 aliphatic heterocycles. The normalized spacial score (nSPS) is 19.3. The summed E-state index contributed by atoms with van der Waals surface area (Å²) < 4.78 is 10.7. The second kappa shape index (κ2) is 6.82. The number of methoxy groups -OCH3 is 2. The fourth-order valence-electron chi connectivity index (χ4n) is 3.62. The van der Waals surface area contributed by atoms with Crippen LogP contribution in [0.25, 0.3) is 16.6 Å². The van der Waals surface area contributed by atoms with E-state index in [9.17, 15) is 10.2 Å². The van der Waals surface area contributed by atoms with Gasteiger partial charge in [-0.2, -0.15) is 0 Å². The van der Waals surface area contributed by atoms with Crippen molar-refractivity contribution in [3.8, 4) is 11.5 Å². The van der Waals surface area contributed by atoms with Crippen molar-refractivity contribution < 1.29 is 19.7 Å². The SMILES string of the molecule is COc1cc(OC)cc(N2C(=N)C(c3nc4ccccc4[nH]3)=C(O)C2(C)CO)c1. The Morgan fingerprint density at radius 1 is 1.14 bits per heavy atom. The first-order chi connectivity index (χ1) is 13.9. The van der Waals surface area contributed by atoms with Crippen molar-refractivity contribution in [1.29, 1.82) is 5.41 Å². The van der Waals surface area contributed by atoms with E-state index in [2.05, 4.69) is 9.97 Å². The van der Waals surface area contributed by atoms with Crippen molar-refractivity contribution in [2.45, 2.75) is 12.5 Å². The number of anilines is 1. The highest BCUT2D eigenvalue weighted by atomic mass is 16.5. The third-order valence-corrected chi connectivity index (χ3v) is 5.23. The van der Waals surface area contributed by atoms with Crippen LogP contribution in [0.5, 0.6) is 11.5 Å². The van der Waals surface area contributed by atoms with Crippen LogP contribution < -0.4 is 14.4 Å². The lowest BCUT2D eigenvalue weighted by Gasteiger charge is -2.35. The number of aromatic amines is 1. The molecular weight excluding hydrogens is 372 g/mol. The van der Waals surface area contributed by atoms with E-state index in [1.165, 1.54) is 14.2 Å². The van der Waals surface area contributed by atoms with Gasteiger partial charge < -0.3 is 29.6 Å². The molecule has 0 aliphatic carbocycles. The average molecular weight is 394 g/mol. The fraction of sp³-hybridized carbons (Fsp3) is 0.238. The Morgan fingerprint density at radius 3 is 2.38 bits per heavy atom. The highest BCUT2D eigenvalue weighted by Gasteiger charge is 2.49. The van der Waals surface area contributed by atoms with Crippen LogP contribution in [0, 0.1) is 5.41 Å². The molecule has 2 aromatic carbocycles. The Bertz CT molecular complexity index is 1080. The van der Waals surface area contributed by atoms with E-state index in [1.807, 2.05) is 24.3 Å². The van der Waals surface area contributed by atoms with Crippen LogP contribution in [0.1, 0.15) is 12.7 Å². The van der Waals surface area contributed by atoms with Crippen LogP contribution in [0.3, 0.4) is 0 Å². The number of nitrogens with zero attached hydrogens (tertiary/aromatic N) is 2. The Morgan fingerprint density at radius 2 is 1.79 bits per heavy atom. The summed E-state index contributed by atoms with van der Waals surface area (Å²) in [4.78, 5) is 9.22. The predicted molar refractivity (Wildman–Crippen MR) is 111 cm³/mol. The van der Waals surface area contributed by atoms with E-state index in [0.717, 1.165) is 11.0 Å². The molecule has 8 nitrogen and oxygen atoms in total. The first kappa shape index (κ1) is 18.8. The summed E-state index contributed by atoms with van der Waals surface area (Å²) in [6.45, 7) is 1.25. The number of aliphatic hydroxyl groups excluding tert-OH is 2. The van der Waals surface area contributed by atoms with E-state index < -0.39 is 12.1 Å². The smallest absolute Gasteiger partial charge is 0.145 e. The number of hydrogen-bond acceptors (Lipinski definition) is 6.